The van der Waals surface area contributed by atoms with Crippen molar-refractivity contribution >= 4 is 5.97 Å². The first-order chi connectivity index (χ1) is 11.3. The molecule has 0 amide bonds. The van der Waals surface area contributed by atoms with Crippen molar-refractivity contribution in [3.8, 4) is 0 Å². The van der Waals surface area contributed by atoms with Gasteiger partial charge in [-0.3, -0.25) is 4.79 Å². The Balaban J connectivity index is 2.91. The maximum absolute atomic E-state index is 11.3. The van der Waals surface area contributed by atoms with E-state index >= 15 is 0 Å². The first-order valence-electron chi connectivity index (χ1n) is 9.09. The third-order valence-electron chi connectivity index (χ3n) is 4.83. The van der Waals surface area contributed by atoms with E-state index in [2.05, 4.69) is 46.1 Å². The molecule has 0 aromatic carbocycles. The van der Waals surface area contributed by atoms with E-state index in [-0.39, 0.29) is 11.9 Å². The zero-order chi connectivity index (χ0) is 18.1. The Bertz CT molecular complexity index is 518. The fraction of sp³-hybridized carbons (Fsp3) is 0.591. The van der Waals surface area contributed by atoms with Crippen LogP contribution in [0.2, 0.25) is 0 Å². The average molecular weight is 331 g/mol. The molecule has 0 N–H and O–H groups in total. The van der Waals surface area contributed by atoms with Gasteiger partial charge < -0.3 is 4.74 Å². The lowest BCUT2D eigenvalue weighted by Gasteiger charge is -2.30. The van der Waals surface area contributed by atoms with Crippen LogP contribution in [-0.4, -0.2) is 12.6 Å². The topological polar surface area (TPSA) is 26.3 Å². The molecule has 1 rings (SSSR count). The van der Waals surface area contributed by atoms with Gasteiger partial charge in [-0.15, -0.1) is 0 Å². The van der Waals surface area contributed by atoms with Gasteiger partial charge in [0.1, 0.15) is 0 Å². The third-order valence-corrected chi connectivity index (χ3v) is 4.83. The number of hydrogen-bond donors (Lipinski definition) is 0. The SMILES string of the molecule is C=C(CCC=C(C)C)C1CC/C(C)=C/CCC(=C)C1COC(C)=O. The van der Waals surface area contributed by atoms with Gasteiger partial charge in [0.15, 0.2) is 0 Å². The summed E-state index contributed by atoms with van der Waals surface area (Å²) in [5.74, 6) is 0.308. The molecule has 1 aliphatic rings. The average Bonchev–Trinajstić information content (AvgIpc) is 2.55. The van der Waals surface area contributed by atoms with Crippen LogP contribution in [-0.2, 0) is 9.53 Å². The van der Waals surface area contributed by atoms with Crippen LogP contribution in [0.15, 0.2) is 47.6 Å². The molecule has 0 saturated heterocycles. The fourth-order valence-corrected chi connectivity index (χ4v) is 3.32. The molecule has 0 radical (unpaired) electrons. The minimum atomic E-state index is -0.217. The van der Waals surface area contributed by atoms with Crippen LogP contribution in [0.1, 0.15) is 66.2 Å². The van der Waals surface area contributed by atoms with Crippen molar-refractivity contribution in [2.24, 2.45) is 11.8 Å². The van der Waals surface area contributed by atoms with Gasteiger partial charge in [-0.2, -0.15) is 0 Å². The zero-order valence-corrected chi connectivity index (χ0v) is 16.0. The number of rotatable bonds is 6. The van der Waals surface area contributed by atoms with Gasteiger partial charge in [0.2, 0.25) is 0 Å². The summed E-state index contributed by atoms with van der Waals surface area (Å²) in [7, 11) is 0. The molecular formula is C22H34O2. The lowest BCUT2D eigenvalue weighted by Crippen LogP contribution is -2.25. The van der Waals surface area contributed by atoms with Gasteiger partial charge in [-0.05, 0) is 65.2 Å². The van der Waals surface area contributed by atoms with Crippen LogP contribution in [0.25, 0.3) is 0 Å². The molecule has 1 aliphatic carbocycles. The molecule has 0 heterocycles. The Kier molecular flexibility index (Phi) is 8.81. The van der Waals surface area contributed by atoms with Crippen molar-refractivity contribution in [1.29, 1.82) is 0 Å². The Labute approximate surface area is 148 Å². The Morgan fingerprint density at radius 3 is 2.67 bits per heavy atom. The monoisotopic (exact) mass is 330 g/mol. The van der Waals surface area contributed by atoms with Crippen LogP contribution in [0.4, 0.5) is 0 Å². The van der Waals surface area contributed by atoms with Crippen LogP contribution in [0.5, 0.6) is 0 Å². The highest BCUT2D eigenvalue weighted by molar-refractivity contribution is 5.65. The van der Waals surface area contributed by atoms with Crippen molar-refractivity contribution < 1.29 is 9.53 Å². The van der Waals surface area contributed by atoms with Crippen molar-refractivity contribution in [2.75, 3.05) is 6.61 Å². The second-order valence-electron chi connectivity index (χ2n) is 7.28. The zero-order valence-electron chi connectivity index (χ0n) is 16.0. The summed E-state index contributed by atoms with van der Waals surface area (Å²) in [6, 6.07) is 0. The number of esters is 1. The van der Waals surface area contributed by atoms with Gasteiger partial charge in [0.05, 0.1) is 6.61 Å². The van der Waals surface area contributed by atoms with Gasteiger partial charge in [-0.25, -0.2) is 0 Å². The molecule has 2 atom stereocenters. The molecule has 0 aliphatic heterocycles. The second-order valence-corrected chi connectivity index (χ2v) is 7.28. The number of hydrogen-bond acceptors (Lipinski definition) is 2. The van der Waals surface area contributed by atoms with Crippen molar-refractivity contribution in [1.82, 2.24) is 0 Å². The van der Waals surface area contributed by atoms with E-state index in [0.29, 0.717) is 12.5 Å². The predicted molar refractivity (Wildman–Crippen MR) is 103 cm³/mol. The van der Waals surface area contributed by atoms with E-state index in [4.69, 9.17) is 4.74 Å². The summed E-state index contributed by atoms with van der Waals surface area (Å²) in [6.45, 7) is 17.1. The number of ether oxygens (including phenoxy) is 1. The summed E-state index contributed by atoms with van der Waals surface area (Å²) in [4.78, 5) is 11.3. The van der Waals surface area contributed by atoms with Gasteiger partial charge in [0, 0.05) is 12.8 Å². The lowest BCUT2D eigenvalue weighted by molar-refractivity contribution is -0.142. The van der Waals surface area contributed by atoms with Crippen molar-refractivity contribution in [3.05, 3.63) is 47.6 Å². The highest BCUT2D eigenvalue weighted by Crippen LogP contribution is 2.36. The van der Waals surface area contributed by atoms with E-state index in [0.717, 1.165) is 38.5 Å². The minimum Gasteiger partial charge on any atom is -0.465 e. The molecule has 2 nitrogen and oxygen atoms in total. The quantitative estimate of drug-likeness (QED) is 0.430. The molecule has 0 saturated carbocycles. The minimum absolute atomic E-state index is 0.187. The van der Waals surface area contributed by atoms with Crippen LogP contribution in [0.3, 0.4) is 0 Å². The van der Waals surface area contributed by atoms with E-state index in [1.165, 1.54) is 29.2 Å². The molecule has 0 fully saturated rings. The molecule has 134 valence electrons. The summed E-state index contributed by atoms with van der Waals surface area (Å²) in [5.41, 5.74) is 5.24. The normalized spacial score (nSPS) is 24.0. The van der Waals surface area contributed by atoms with Gasteiger partial charge in [0.25, 0.3) is 0 Å². The molecule has 2 heteroatoms. The largest absolute Gasteiger partial charge is 0.465 e. The highest BCUT2D eigenvalue weighted by Gasteiger charge is 2.27. The summed E-state index contributed by atoms with van der Waals surface area (Å²) in [6.07, 6.45) is 10.7. The van der Waals surface area contributed by atoms with E-state index in [1.54, 1.807) is 0 Å². The maximum Gasteiger partial charge on any atom is 0.302 e. The second kappa shape index (κ2) is 10.3. The first-order valence-corrected chi connectivity index (χ1v) is 9.09. The van der Waals surface area contributed by atoms with Crippen LogP contribution >= 0.6 is 0 Å². The summed E-state index contributed by atoms with van der Waals surface area (Å²) >= 11 is 0. The Morgan fingerprint density at radius 1 is 1.33 bits per heavy atom. The van der Waals surface area contributed by atoms with Crippen LogP contribution in [0, 0.1) is 11.8 Å². The molecule has 24 heavy (non-hydrogen) atoms. The highest BCUT2D eigenvalue weighted by atomic mass is 16.5. The fourth-order valence-electron chi connectivity index (χ4n) is 3.32. The predicted octanol–water partition coefficient (Wildman–Crippen LogP) is 6.16. The van der Waals surface area contributed by atoms with Gasteiger partial charge in [-0.1, -0.05) is 47.6 Å². The smallest absolute Gasteiger partial charge is 0.302 e. The standard InChI is InChI=1S/C22H34O2/c1-16(2)9-7-11-18(4)21-14-13-17(3)10-8-12-19(5)22(21)15-24-20(6)23/h9-10,21-22H,4-5,7-8,11-15H2,1-3,6H3/b17-10+. The molecule has 0 bridgehead atoms. The number of carbonyl (C=O) groups excluding carboxylic acids is 1. The molecular weight excluding hydrogens is 296 g/mol. The third kappa shape index (κ3) is 7.33. The summed E-state index contributed by atoms with van der Waals surface area (Å²) in [5, 5.41) is 0. The first kappa shape index (κ1) is 20.5. The van der Waals surface area contributed by atoms with Crippen molar-refractivity contribution in [3.63, 3.8) is 0 Å². The van der Waals surface area contributed by atoms with E-state index in [1.807, 2.05) is 0 Å². The molecule has 0 spiro atoms. The summed E-state index contributed by atoms with van der Waals surface area (Å²) < 4.78 is 5.37. The van der Waals surface area contributed by atoms with Crippen LogP contribution < -0.4 is 0 Å². The van der Waals surface area contributed by atoms with Crippen molar-refractivity contribution in [2.45, 2.75) is 66.2 Å². The van der Waals surface area contributed by atoms with E-state index in [9.17, 15) is 4.79 Å². The molecule has 0 aromatic rings. The Hall–Kier alpha value is -1.57. The number of allylic oxidation sites excluding steroid dienone is 5. The van der Waals surface area contributed by atoms with Gasteiger partial charge >= 0.3 is 5.97 Å². The van der Waals surface area contributed by atoms with E-state index < -0.39 is 0 Å². The number of carbonyl (C=O) groups is 1. The Morgan fingerprint density at radius 2 is 2.04 bits per heavy atom. The lowest BCUT2D eigenvalue weighted by atomic mass is 9.77. The molecule has 2 unspecified atom stereocenters. The molecule has 0 aromatic heterocycles. The maximum atomic E-state index is 11.3.